The summed E-state index contributed by atoms with van der Waals surface area (Å²) < 4.78 is 16.3. The van der Waals surface area contributed by atoms with Crippen LogP contribution in [0.4, 0.5) is 0 Å². The molecule has 7 heteroatoms. The molecule has 1 aromatic heterocycles. The van der Waals surface area contributed by atoms with E-state index in [2.05, 4.69) is 16.0 Å². The maximum absolute atomic E-state index is 12.7. The zero-order valence-corrected chi connectivity index (χ0v) is 17.7. The second-order valence-electron chi connectivity index (χ2n) is 7.61. The minimum absolute atomic E-state index is 0.00655. The van der Waals surface area contributed by atoms with E-state index in [-0.39, 0.29) is 11.9 Å². The van der Waals surface area contributed by atoms with E-state index in [0.717, 1.165) is 33.4 Å². The highest BCUT2D eigenvalue weighted by molar-refractivity contribution is 6.42. The van der Waals surface area contributed by atoms with Crippen LogP contribution in [0.15, 0.2) is 39.8 Å². The molecule has 2 aromatic rings. The number of Topliss-reactive ketones (excluding diaryl/α,β-unsaturated/α-hetero) is 1. The molecule has 1 aromatic carbocycles. The average Bonchev–Trinajstić information content (AvgIpc) is 3.36. The number of nitrogens with one attached hydrogen (secondary N) is 1. The molecule has 4 rings (SSSR count). The fraction of sp³-hybridized carbons (Fsp3) is 0.435. The number of ketones is 1. The number of rotatable bonds is 6. The van der Waals surface area contributed by atoms with E-state index in [0.29, 0.717) is 50.7 Å². The van der Waals surface area contributed by atoms with Crippen LogP contribution in [-0.2, 0) is 19.0 Å². The number of aromatic amines is 1. The van der Waals surface area contributed by atoms with Gasteiger partial charge in [-0.15, -0.1) is 0 Å². The molecule has 0 spiro atoms. The van der Waals surface area contributed by atoms with Crippen LogP contribution in [0.5, 0.6) is 0 Å². The molecule has 158 valence electrons. The Labute approximate surface area is 175 Å². The predicted molar refractivity (Wildman–Crippen MR) is 117 cm³/mol. The average molecular weight is 409 g/mol. The van der Waals surface area contributed by atoms with Gasteiger partial charge in [-0.1, -0.05) is 6.07 Å². The van der Waals surface area contributed by atoms with E-state index in [9.17, 15) is 4.79 Å². The molecule has 2 aliphatic rings. The third-order valence-electron chi connectivity index (χ3n) is 5.50. The summed E-state index contributed by atoms with van der Waals surface area (Å²) in [6.45, 7) is 3.84. The Kier molecular flexibility index (Phi) is 6.11. The second kappa shape index (κ2) is 8.93. The van der Waals surface area contributed by atoms with E-state index < -0.39 is 0 Å². The lowest BCUT2D eigenvalue weighted by atomic mass is 10.0. The zero-order chi connectivity index (χ0) is 21.1. The van der Waals surface area contributed by atoms with E-state index in [1.165, 1.54) is 0 Å². The van der Waals surface area contributed by atoms with E-state index in [1.807, 2.05) is 25.1 Å². The second-order valence-corrected chi connectivity index (χ2v) is 7.61. The number of aromatic nitrogens is 1. The summed E-state index contributed by atoms with van der Waals surface area (Å²) in [4.78, 5) is 24.8. The third-order valence-corrected chi connectivity index (χ3v) is 5.50. The number of hydrogen-bond acceptors (Lipinski definition) is 6. The number of fused-ring (bicyclic) bond motifs is 1. The Bertz CT molecular complexity index is 1040. The first-order chi connectivity index (χ1) is 14.6. The van der Waals surface area contributed by atoms with Crippen molar-refractivity contribution < 1.29 is 19.0 Å². The molecule has 0 bridgehead atoms. The third kappa shape index (κ3) is 4.22. The number of aliphatic imine (C=N–C) groups is 2. The van der Waals surface area contributed by atoms with Gasteiger partial charge in [0.25, 0.3) is 0 Å². The van der Waals surface area contributed by atoms with Crippen molar-refractivity contribution in [3.63, 3.8) is 0 Å². The normalized spacial score (nSPS) is 20.0. The lowest BCUT2D eigenvalue weighted by Gasteiger charge is -2.22. The molecule has 3 heterocycles. The summed E-state index contributed by atoms with van der Waals surface area (Å²) in [5, 5.41) is 1.05. The van der Waals surface area contributed by atoms with Crippen LogP contribution in [0.3, 0.4) is 0 Å². The number of hydrogen-bond donors (Lipinski definition) is 1. The van der Waals surface area contributed by atoms with Crippen molar-refractivity contribution in [2.45, 2.75) is 32.3 Å². The van der Waals surface area contributed by atoms with Crippen molar-refractivity contribution in [1.82, 2.24) is 4.98 Å². The highest BCUT2D eigenvalue weighted by atomic mass is 16.6. The minimum atomic E-state index is 0.00655. The van der Waals surface area contributed by atoms with Gasteiger partial charge in [-0.2, -0.15) is 0 Å². The standard InChI is InChI=1S/C23H27N3O4/c1-14-10-19(21(27)7-5-17-13-29-8-9-30-17)26-22(14)15-4-6-18-16(11-15)12-20(25-18)23(24-2)28-3/h4,6,11-12,17,25H,5,7-10,13H2,1-3H3. The number of ether oxygens (including phenoxy) is 3. The Balaban J connectivity index is 1.49. The molecule has 30 heavy (non-hydrogen) atoms. The lowest BCUT2D eigenvalue weighted by Crippen LogP contribution is -2.29. The summed E-state index contributed by atoms with van der Waals surface area (Å²) >= 11 is 0. The summed E-state index contributed by atoms with van der Waals surface area (Å²) in [6.07, 6.45) is 1.71. The number of nitrogens with zero attached hydrogens (tertiary/aromatic N) is 2. The Morgan fingerprint density at radius 2 is 2.20 bits per heavy atom. The molecule has 1 N–H and O–H groups in total. The van der Waals surface area contributed by atoms with Crippen LogP contribution in [0.2, 0.25) is 0 Å². The molecule has 0 amide bonds. The number of carbonyl (C=O) groups is 1. The SMILES string of the molecule is CN=C(OC)c1cc2cc(C3=C(C)CC(C(=O)CCC4COCCO4)=N3)ccc2[nH]1. The number of methoxy groups -OCH3 is 1. The molecule has 1 fully saturated rings. The fourth-order valence-electron chi connectivity index (χ4n) is 3.93. The number of allylic oxidation sites excluding steroid dienone is 1. The Morgan fingerprint density at radius 1 is 1.33 bits per heavy atom. The molecule has 1 saturated heterocycles. The largest absolute Gasteiger partial charge is 0.480 e. The topological polar surface area (TPSA) is 85.3 Å². The number of benzene rings is 1. The van der Waals surface area contributed by atoms with Crippen molar-refractivity contribution in [2.24, 2.45) is 9.98 Å². The highest BCUT2D eigenvalue weighted by Gasteiger charge is 2.23. The molecule has 1 unspecified atom stereocenters. The molecular weight excluding hydrogens is 382 g/mol. The van der Waals surface area contributed by atoms with Crippen LogP contribution < -0.4 is 0 Å². The summed E-state index contributed by atoms with van der Waals surface area (Å²) in [6, 6.07) is 8.15. The van der Waals surface area contributed by atoms with Crippen LogP contribution in [0.25, 0.3) is 16.6 Å². The molecular formula is C23H27N3O4. The van der Waals surface area contributed by atoms with Crippen molar-refractivity contribution in [1.29, 1.82) is 0 Å². The van der Waals surface area contributed by atoms with E-state index >= 15 is 0 Å². The van der Waals surface area contributed by atoms with Crippen molar-refractivity contribution in [2.75, 3.05) is 34.0 Å². The number of carbonyl (C=O) groups excluding carboxylic acids is 1. The maximum Gasteiger partial charge on any atom is 0.232 e. The van der Waals surface area contributed by atoms with Crippen molar-refractivity contribution >= 4 is 34.0 Å². The zero-order valence-electron chi connectivity index (χ0n) is 17.7. The van der Waals surface area contributed by atoms with Gasteiger partial charge in [0.2, 0.25) is 5.90 Å². The van der Waals surface area contributed by atoms with Gasteiger partial charge in [-0.3, -0.25) is 9.79 Å². The van der Waals surface area contributed by atoms with E-state index in [1.54, 1.807) is 14.2 Å². The highest BCUT2D eigenvalue weighted by Crippen LogP contribution is 2.31. The van der Waals surface area contributed by atoms with Gasteiger partial charge in [0, 0.05) is 36.4 Å². The monoisotopic (exact) mass is 409 g/mol. The summed E-state index contributed by atoms with van der Waals surface area (Å²) in [7, 11) is 3.30. The van der Waals surface area contributed by atoms with Crippen LogP contribution in [0, 0.1) is 0 Å². The van der Waals surface area contributed by atoms with Gasteiger partial charge >= 0.3 is 0 Å². The fourth-order valence-corrected chi connectivity index (χ4v) is 3.93. The van der Waals surface area contributed by atoms with E-state index in [4.69, 9.17) is 19.2 Å². The molecule has 7 nitrogen and oxygen atoms in total. The lowest BCUT2D eigenvalue weighted by molar-refractivity contribution is -0.116. The maximum atomic E-state index is 12.7. The summed E-state index contributed by atoms with van der Waals surface area (Å²) in [5.74, 6) is 0.648. The Hall–Kier alpha value is -2.77. The van der Waals surface area contributed by atoms with Gasteiger partial charge in [0.05, 0.1) is 44.4 Å². The van der Waals surface area contributed by atoms with Crippen molar-refractivity contribution in [3.8, 4) is 0 Å². The Morgan fingerprint density at radius 3 is 2.93 bits per heavy atom. The van der Waals surface area contributed by atoms with Gasteiger partial charge in [0.15, 0.2) is 5.78 Å². The predicted octanol–water partition coefficient (Wildman–Crippen LogP) is 3.53. The minimum Gasteiger partial charge on any atom is -0.480 e. The first-order valence-electron chi connectivity index (χ1n) is 10.2. The van der Waals surface area contributed by atoms with Crippen LogP contribution in [0.1, 0.15) is 37.4 Å². The smallest absolute Gasteiger partial charge is 0.232 e. The van der Waals surface area contributed by atoms with Gasteiger partial charge in [-0.25, -0.2) is 4.99 Å². The summed E-state index contributed by atoms with van der Waals surface area (Å²) in [5.41, 5.74) is 5.46. The molecule has 0 aliphatic carbocycles. The molecule has 2 aliphatic heterocycles. The van der Waals surface area contributed by atoms with Gasteiger partial charge in [0.1, 0.15) is 5.69 Å². The molecule has 1 atom stereocenters. The molecule has 0 radical (unpaired) electrons. The van der Waals surface area contributed by atoms with Crippen LogP contribution >= 0.6 is 0 Å². The van der Waals surface area contributed by atoms with Gasteiger partial charge in [-0.05, 0) is 37.1 Å². The first kappa shape index (κ1) is 20.5. The quantitative estimate of drug-likeness (QED) is 0.584. The van der Waals surface area contributed by atoms with Crippen molar-refractivity contribution in [3.05, 3.63) is 41.1 Å². The number of H-pyrrole nitrogens is 1. The molecule has 0 saturated carbocycles. The van der Waals surface area contributed by atoms with Gasteiger partial charge < -0.3 is 19.2 Å². The van der Waals surface area contributed by atoms with Crippen LogP contribution in [-0.4, -0.2) is 62.5 Å². The first-order valence-corrected chi connectivity index (χ1v) is 10.2.